The van der Waals surface area contributed by atoms with Crippen molar-refractivity contribution >= 4 is 76.7 Å². The Morgan fingerprint density at radius 3 is 2.24 bits per heavy atom. The zero-order valence-corrected chi connectivity index (χ0v) is 21.6. The van der Waals surface area contributed by atoms with E-state index < -0.39 is 5.97 Å². The summed E-state index contributed by atoms with van der Waals surface area (Å²) in [5.74, 6) is -0.530. The van der Waals surface area contributed by atoms with Crippen LogP contribution in [0, 0.1) is 11.3 Å². The average molecular weight is 561 g/mol. The summed E-state index contributed by atoms with van der Waals surface area (Å²) < 4.78 is 8.50. The number of fused-ring (bicyclic) bond motifs is 1. The molecule has 0 N–H and O–H groups in total. The van der Waals surface area contributed by atoms with Crippen molar-refractivity contribution in [1.82, 2.24) is 0 Å². The highest BCUT2D eigenvalue weighted by Crippen LogP contribution is 2.44. The lowest BCUT2D eigenvalue weighted by molar-refractivity contribution is -0.138. The van der Waals surface area contributed by atoms with Crippen LogP contribution in [0.25, 0.3) is 16.2 Å². The molecular weight excluding hydrogens is 534 g/mol. The van der Waals surface area contributed by atoms with Gasteiger partial charge in [0.15, 0.2) is 0 Å². The maximum Gasteiger partial charge on any atom is 0.348 e. The highest BCUT2D eigenvalue weighted by Gasteiger charge is 2.14. The summed E-state index contributed by atoms with van der Waals surface area (Å²) >= 11 is 10.3. The number of carbonyl (C=O) groups excluding carboxylic acids is 1. The Labute approximate surface area is 198 Å². The topological polar surface area (TPSA) is 50.1 Å². The molecule has 0 aliphatic carbocycles. The number of halogens is 2. The highest BCUT2D eigenvalue weighted by molar-refractivity contribution is 9.12. The molecule has 0 bridgehead atoms. The number of hydrogen-bond acceptors (Lipinski definition) is 5. The summed E-state index contributed by atoms with van der Waals surface area (Å²) in [6.07, 6.45) is 14.0. The fourth-order valence-electron chi connectivity index (χ4n) is 3.06. The van der Waals surface area contributed by atoms with Crippen LogP contribution in [-0.2, 0) is 9.53 Å². The van der Waals surface area contributed by atoms with Crippen LogP contribution in [0.2, 0.25) is 0 Å². The van der Waals surface area contributed by atoms with E-state index in [2.05, 4.69) is 38.8 Å². The van der Waals surface area contributed by atoms with E-state index in [9.17, 15) is 10.1 Å². The summed E-state index contributed by atoms with van der Waals surface area (Å²) in [6, 6.07) is 3.96. The number of thiophene rings is 2. The minimum Gasteiger partial charge on any atom is -0.462 e. The molecule has 158 valence electrons. The summed E-state index contributed by atoms with van der Waals surface area (Å²) in [5.41, 5.74) is 0.0527. The molecule has 0 aliphatic rings. The third-order valence-corrected chi connectivity index (χ3v) is 8.75. The van der Waals surface area contributed by atoms with E-state index in [-0.39, 0.29) is 5.57 Å². The minimum absolute atomic E-state index is 0.0527. The Balaban J connectivity index is 1.68. The second kappa shape index (κ2) is 13.6. The molecule has 2 heterocycles. The third kappa shape index (κ3) is 8.16. The Kier molecular flexibility index (Phi) is 11.5. The number of ether oxygens (including phenoxy) is 1. The van der Waals surface area contributed by atoms with E-state index in [0.717, 1.165) is 35.4 Å². The van der Waals surface area contributed by atoms with Crippen molar-refractivity contribution in [3.8, 4) is 6.07 Å². The lowest BCUT2D eigenvalue weighted by atomic mass is 10.1. The molecule has 0 saturated heterocycles. The number of nitrogens with zero attached hydrogens (tertiary/aromatic N) is 1. The number of esters is 1. The predicted octanol–water partition coefficient (Wildman–Crippen LogP) is 8.86. The van der Waals surface area contributed by atoms with Crippen LogP contribution < -0.4 is 0 Å². The van der Waals surface area contributed by atoms with Crippen molar-refractivity contribution in [2.75, 3.05) is 6.61 Å². The van der Waals surface area contributed by atoms with Gasteiger partial charge in [-0.3, -0.25) is 0 Å². The molecule has 2 rings (SSSR count). The number of unbranched alkanes of at least 4 members (excludes halogenated alkanes) is 9. The minimum atomic E-state index is -0.530. The van der Waals surface area contributed by atoms with Gasteiger partial charge in [-0.1, -0.05) is 64.7 Å². The fraction of sp³-hybridized carbons (Fsp3) is 0.545. The van der Waals surface area contributed by atoms with Crippen LogP contribution in [0.4, 0.5) is 0 Å². The molecular formula is C22H27Br2NO2S2. The first kappa shape index (κ1) is 24.6. The fourth-order valence-corrected chi connectivity index (χ4v) is 7.47. The van der Waals surface area contributed by atoms with E-state index >= 15 is 0 Å². The Morgan fingerprint density at radius 1 is 1.03 bits per heavy atom. The molecule has 0 fully saturated rings. The Morgan fingerprint density at radius 2 is 1.66 bits per heavy atom. The third-order valence-electron chi connectivity index (χ3n) is 4.68. The zero-order valence-electron chi connectivity index (χ0n) is 16.8. The molecule has 0 amide bonds. The molecule has 3 nitrogen and oxygen atoms in total. The summed E-state index contributed by atoms with van der Waals surface area (Å²) in [6.45, 7) is 2.62. The van der Waals surface area contributed by atoms with Crippen molar-refractivity contribution < 1.29 is 9.53 Å². The Bertz CT molecular complexity index is 830. The van der Waals surface area contributed by atoms with Gasteiger partial charge in [-0.2, -0.15) is 5.26 Å². The monoisotopic (exact) mass is 559 g/mol. The molecule has 0 aliphatic heterocycles. The van der Waals surface area contributed by atoms with Gasteiger partial charge in [0.2, 0.25) is 0 Å². The van der Waals surface area contributed by atoms with Crippen LogP contribution in [0.1, 0.15) is 76.0 Å². The number of carbonyl (C=O) groups is 1. The molecule has 0 unspecified atom stereocenters. The van der Waals surface area contributed by atoms with Gasteiger partial charge < -0.3 is 4.74 Å². The van der Waals surface area contributed by atoms with Gasteiger partial charge >= 0.3 is 5.97 Å². The summed E-state index contributed by atoms with van der Waals surface area (Å²) in [5, 5.41) is 10.4. The van der Waals surface area contributed by atoms with Crippen molar-refractivity contribution in [2.24, 2.45) is 0 Å². The second-order valence-corrected chi connectivity index (χ2v) is 11.8. The number of nitriles is 1. The van der Waals surface area contributed by atoms with Gasteiger partial charge in [0.1, 0.15) is 11.6 Å². The molecule has 7 heteroatoms. The molecule has 2 aromatic heterocycles. The second-order valence-electron chi connectivity index (χ2n) is 7.03. The first-order chi connectivity index (χ1) is 14.1. The van der Waals surface area contributed by atoms with E-state index in [1.165, 1.54) is 51.4 Å². The number of rotatable bonds is 13. The molecule has 0 radical (unpaired) electrons. The molecule has 2 aromatic rings. The predicted molar refractivity (Wildman–Crippen MR) is 131 cm³/mol. The first-order valence-corrected chi connectivity index (χ1v) is 13.4. The largest absolute Gasteiger partial charge is 0.462 e. The lowest BCUT2D eigenvalue weighted by Crippen LogP contribution is -2.07. The maximum absolute atomic E-state index is 12.2. The molecule has 29 heavy (non-hydrogen) atoms. The summed E-state index contributed by atoms with van der Waals surface area (Å²) in [4.78, 5) is 13.1. The van der Waals surface area contributed by atoms with Crippen molar-refractivity contribution in [2.45, 2.75) is 71.1 Å². The zero-order chi connectivity index (χ0) is 21.1. The maximum atomic E-state index is 12.2. The van der Waals surface area contributed by atoms with Gasteiger partial charge in [0.25, 0.3) is 0 Å². The molecule has 0 atom stereocenters. The quantitative estimate of drug-likeness (QED) is 0.106. The molecule has 0 aromatic carbocycles. The van der Waals surface area contributed by atoms with Crippen LogP contribution >= 0.6 is 54.5 Å². The molecule has 0 spiro atoms. The van der Waals surface area contributed by atoms with Crippen molar-refractivity contribution in [3.63, 3.8) is 0 Å². The van der Waals surface area contributed by atoms with E-state index in [0.29, 0.717) is 6.61 Å². The van der Waals surface area contributed by atoms with Crippen molar-refractivity contribution in [1.29, 1.82) is 5.26 Å². The van der Waals surface area contributed by atoms with E-state index in [1.54, 1.807) is 28.7 Å². The van der Waals surface area contributed by atoms with Crippen LogP contribution in [0.5, 0.6) is 0 Å². The average Bonchev–Trinajstić information content (AvgIpc) is 3.24. The lowest BCUT2D eigenvalue weighted by Gasteiger charge is -2.04. The smallest absolute Gasteiger partial charge is 0.348 e. The van der Waals surface area contributed by atoms with Gasteiger partial charge in [-0.05, 0) is 50.4 Å². The van der Waals surface area contributed by atoms with Crippen LogP contribution in [0.15, 0.2) is 19.2 Å². The Hall–Kier alpha value is -0.680. The molecule has 0 saturated carbocycles. The SMILES string of the molecule is CCCCCCCCCCCCOC(=O)C(C#N)=Cc1cc2c(Br)sc(Br)c2s1. The van der Waals surface area contributed by atoms with Crippen LogP contribution in [-0.4, -0.2) is 12.6 Å². The number of hydrogen-bond donors (Lipinski definition) is 0. The van der Waals surface area contributed by atoms with Gasteiger partial charge in [0.05, 0.1) is 18.9 Å². The standard InChI is InChI=1S/C22H27Br2NO2S2/c1-2-3-4-5-6-7-8-9-10-11-12-27-22(26)16(15-25)13-17-14-18-19(28-17)21(24)29-20(18)23/h13-14H,2-12H2,1H3. The van der Waals surface area contributed by atoms with Crippen molar-refractivity contribution in [3.05, 3.63) is 24.1 Å². The van der Waals surface area contributed by atoms with E-state index in [1.807, 2.05) is 12.1 Å². The summed E-state index contributed by atoms with van der Waals surface area (Å²) in [7, 11) is 0. The van der Waals surface area contributed by atoms with Crippen LogP contribution in [0.3, 0.4) is 0 Å². The van der Waals surface area contributed by atoms with E-state index in [4.69, 9.17) is 4.74 Å². The van der Waals surface area contributed by atoms with Gasteiger partial charge in [0, 0.05) is 10.3 Å². The van der Waals surface area contributed by atoms with Gasteiger partial charge in [-0.15, -0.1) is 22.7 Å². The highest BCUT2D eigenvalue weighted by atomic mass is 79.9. The normalized spacial score (nSPS) is 11.7. The van der Waals surface area contributed by atoms with Gasteiger partial charge in [-0.25, -0.2) is 4.79 Å². The first-order valence-electron chi connectivity index (χ1n) is 10.2.